The summed E-state index contributed by atoms with van der Waals surface area (Å²) in [6.45, 7) is 16.9. The molecule has 0 N–H and O–H groups in total. The fourth-order valence-electron chi connectivity index (χ4n) is 1.84. The van der Waals surface area contributed by atoms with Crippen molar-refractivity contribution in [3.8, 4) is 0 Å². The maximum Gasteiger partial charge on any atom is 0.410 e. The molecule has 0 rings (SSSR count). The minimum absolute atomic E-state index is 0.348. The average Bonchev–Trinajstić information content (AvgIpc) is 2.33. The summed E-state index contributed by atoms with van der Waals surface area (Å²) in [6, 6.07) is 0. The number of hydrogen-bond acceptors (Lipinski definition) is 4. The van der Waals surface area contributed by atoms with E-state index < -0.39 is 11.2 Å². The Balaban J connectivity index is 4.69. The first-order chi connectivity index (χ1) is 10.4. The lowest BCUT2D eigenvalue weighted by Crippen LogP contribution is -2.44. The monoisotopic (exact) mass is 330 g/mol. The van der Waals surface area contributed by atoms with Gasteiger partial charge in [-0.3, -0.25) is 0 Å². The number of ether oxygens (including phenoxy) is 2. The fourth-order valence-corrected chi connectivity index (χ4v) is 1.84. The van der Waals surface area contributed by atoms with E-state index in [0.717, 1.165) is 6.42 Å². The number of rotatable bonds is 6. The number of carbonyl (C=O) groups is 2. The van der Waals surface area contributed by atoms with Gasteiger partial charge in [-0.05, 0) is 54.9 Å². The molecule has 0 aromatic rings. The van der Waals surface area contributed by atoms with Crippen LogP contribution in [0.5, 0.6) is 0 Å². The smallest absolute Gasteiger partial charge is 0.410 e. The normalized spacial score (nSPS) is 11.8. The van der Waals surface area contributed by atoms with Gasteiger partial charge in [0, 0.05) is 26.2 Å². The van der Waals surface area contributed by atoms with Crippen LogP contribution in [-0.4, -0.2) is 59.4 Å². The van der Waals surface area contributed by atoms with E-state index in [4.69, 9.17) is 9.47 Å². The zero-order chi connectivity index (χ0) is 18.3. The van der Waals surface area contributed by atoms with Crippen LogP contribution in [0.15, 0.2) is 0 Å². The number of likely N-dealkylation sites (N-methyl/N-ethyl adjacent to an activating group) is 1. The molecule has 0 saturated carbocycles. The molecule has 0 atom stereocenters. The van der Waals surface area contributed by atoms with Crippen molar-refractivity contribution in [3.63, 3.8) is 0 Å². The Morgan fingerprint density at radius 1 is 0.739 bits per heavy atom. The summed E-state index contributed by atoms with van der Waals surface area (Å²) in [6.07, 6.45) is 0.123. The molecule has 0 aliphatic heterocycles. The molecule has 0 radical (unpaired) electrons. The predicted octanol–water partition coefficient (Wildman–Crippen LogP) is 3.89. The summed E-state index contributed by atoms with van der Waals surface area (Å²) < 4.78 is 10.8. The minimum Gasteiger partial charge on any atom is -0.444 e. The quantitative estimate of drug-likeness (QED) is 0.741. The van der Waals surface area contributed by atoms with Crippen LogP contribution in [0.3, 0.4) is 0 Å². The van der Waals surface area contributed by atoms with E-state index in [-0.39, 0.29) is 12.2 Å². The summed E-state index contributed by atoms with van der Waals surface area (Å²) in [7, 11) is 0. The van der Waals surface area contributed by atoms with Gasteiger partial charge in [0.1, 0.15) is 11.2 Å². The van der Waals surface area contributed by atoms with Crippen LogP contribution in [0.4, 0.5) is 9.59 Å². The van der Waals surface area contributed by atoms with Crippen LogP contribution in [-0.2, 0) is 9.47 Å². The third kappa shape index (κ3) is 10.0. The average molecular weight is 330 g/mol. The molecule has 0 aliphatic carbocycles. The van der Waals surface area contributed by atoms with Crippen molar-refractivity contribution in [3.05, 3.63) is 0 Å². The lowest BCUT2D eigenvalue weighted by Gasteiger charge is -2.30. The van der Waals surface area contributed by atoms with Crippen LogP contribution in [0.25, 0.3) is 0 Å². The third-order valence-corrected chi connectivity index (χ3v) is 2.82. The highest BCUT2D eigenvalue weighted by Gasteiger charge is 2.24. The molecule has 0 heterocycles. The van der Waals surface area contributed by atoms with Crippen molar-refractivity contribution >= 4 is 12.2 Å². The predicted molar refractivity (Wildman–Crippen MR) is 91.6 cm³/mol. The Morgan fingerprint density at radius 3 is 1.48 bits per heavy atom. The first-order valence-electron chi connectivity index (χ1n) is 8.35. The molecule has 136 valence electrons. The Labute approximate surface area is 141 Å². The van der Waals surface area contributed by atoms with Crippen LogP contribution in [0.1, 0.15) is 61.8 Å². The topological polar surface area (TPSA) is 59.1 Å². The van der Waals surface area contributed by atoms with E-state index in [1.165, 1.54) is 0 Å². The molecule has 0 aliphatic rings. The highest BCUT2D eigenvalue weighted by molar-refractivity contribution is 5.69. The van der Waals surface area contributed by atoms with E-state index >= 15 is 0 Å². The van der Waals surface area contributed by atoms with Crippen LogP contribution in [0.2, 0.25) is 0 Å². The van der Waals surface area contributed by atoms with Gasteiger partial charge in [-0.15, -0.1) is 0 Å². The lowest BCUT2D eigenvalue weighted by atomic mass is 10.2. The van der Waals surface area contributed by atoms with Gasteiger partial charge < -0.3 is 19.3 Å². The second-order valence-corrected chi connectivity index (χ2v) is 7.53. The van der Waals surface area contributed by atoms with Crippen molar-refractivity contribution < 1.29 is 19.1 Å². The van der Waals surface area contributed by atoms with E-state index in [1.54, 1.807) is 9.80 Å². The van der Waals surface area contributed by atoms with Gasteiger partial charge in [-0.1, -0.05) is 6.92 Å². The van der Waals surface area contributed by atoms with E-state index in [2.05, 4.69) is 0 Å². The van der Waals surface area contributed by atoms with Gasteiger partial charge >= 0.3 is 12.2 Å². The molecule has 0 unspecified atom stereocenters. The Hall–Kier alpha value is -1.46. The molecule has 6 nitrogen and oxygen atoms in total. The van der Waals surface area contributed by atoms with Gasteiger partial charge in [0.15, 0.2) is 0 Å². The van der Waals surface area contributed by atoms with Crippen molar-refractivity contribution in [2.24, 2.45) is 0 Å². The lowest BCUT2D eigenvalue weighted by molar-refractivity contribution is 0.0141. The van der Waals surface area contributed by atoms with Gasteiger partial charge in [0.25, 0.3) is 0 Å². The molecule has 0 fully saturated rings. The SMILES string of the molecule is CCCN(CCN(CC)C(=O)OC(C)(C)C)C(=O)OC(C)(C)C. The first kappa shape index (κ1) is 21.5. The standard InChI is InChI=1S/C17H34N2O4/c1-9-11-19(15(21)23-17(6,7)8)13-12-18(10-2)14(20)22-16(3,4)5/h9-13H2,1-8H3. The van der Waals surface area contributed by atoms with Crippen molar-refractivity contribution in [1.29, 1.82) is 0 Å². The highest BCUT2D eigenvalue weighted by atomic mass is 16.6. The van der Waals surface area contributed by atoms with Gasteiger partial charge in [-0.2, -0.15) is 0 Å². The molecule has 0 spiro atoms. The van der Waals surface area contributed by atoms with E-state index in [0.29, 0.717) is 26.2 Å². The van der Waals surface area contributed by atoms with Gasteiger partial charge in [-0.25, -0.2) is 9.59 Å². The zero-order valence-corrected chi connectivity index (χ0v) is 16.1. The maximum atomic E-state index is 12.2. The van der Waals surface area contributed by atoms with Crippen LogP contribution in [0, 0.1) is 0 Å². The van der Waals surface area contributed by atoms with Crippen molar-refractivity contribution in [2.75, 3.05) is 26.2 Å². The highest BCUT2D eigenvalue weighted by Crippen LogP contribution is 2.12. The Bertz CT molecular complexity index is 383. The molecule has 0 saturated heterocycles. The van der Waals surface area contributed by atoms with Crippen molar-refractivity contribution in [2.45, 2.75) is 73.0 Å². The molecule has 0 aromatic heterocycles. The maximum absolute atomic E-state index is 12.2. The summed E-state index contributed by atoms with van der Waals surface area (Å²) >= 11 is 0. The van der Waals surface area contributed by atoms with Gasteiger partial charge in [0.2, 0.25) is 0 Å². The first-order valence-corrected chi connectivity index (χ1v) is 8.35. The minimum atomic E-state index is -0.529. The molecule has 0 bridgehead atoms. The number of hydrogen-bond donors (Lipinski definition) is 0. The summed E-state index contributed by atoms with van der Waals surface area (Å²) in [5.41, 5.74) is -1.06. The third-order valence-electron chi connectivity index (χ3n) is 2.82. The number of amides is 2. The fraction of sp³-hybridized carbons (Fsp3) is 0.882. The molecule has 23 heavy (non-hydrogen) atoms. The van der Waals surface area contributed by atoms with E-state index in [1.807, 2.05) is 55.4 Å². The zero-order valence-electron chi connectivity index (χ0n) is 16.1. The largest absolute Gasteiger partial charge is 0.444 e. The Morgan fingerprint density at radius 2 is 1.13 bits per heavy atom. The summed E-state index contributed by atoms with van der Waals surface area (Å²) in [4.78, 5) is 27.6. The molecule has 0 aromatic carbocycles. The summed E-state index contributed by atoms with van der Waals surface area (Å²) in [5, 5.41) is 0. The molecular weight excluding hydrogens is 296 g/mol. The van der Waals surface area contributed by atoms with Gasteiger partial charge in [0.05, 0.1) is 0 Å². The molecule has 6 heteroatoms. The Kier molecular flexibility index (Phi) is 8.42. The number of carbonyl (C=O) groups excluding carboxylic acids is 2. The van der Waals surface area contributed by atoms with Crippen LogP contribution < -0.4 is 0 Å². The second-order valence-electron chi connectivity index (χ2n) is 7.53. The van der Waals surface area contributed by atoms with Crippen LogP contribution >= 0.6 is 0 Å². The number of nitrogens with zero attached hydrogens (tertiary/aromatic N) is 2. The molecule has 2 amide bonds. The van der Waals surface area contributed by atoms with Crippen molar-refractivity contribution in [1.82, 2.24) is 9.80 Å². The molecular formula is C17H34N2O4. The summed E-state index contributed by atoms with van der Waals surface area (Å²) in [5.74, 6) is 0. The second kappa shape index (κ2) is 8.99. The van der Waals surface area contributed by atoms with E-state index in [9.17, 15) is 9.59 Å².